The van der Waals surface area contributed by atoms with Crippen LogP contribution in [0.2, 0.25) is 0 Å². The number of carbonyl (C=O) groups is 2. The lowest BCUT2D eigenvalue weighted by molar-refractivity contribution is -0.115. The lowest BCUT2D eigenvalue weighted by Gasteiger charge is -2.30. The Kier molecular flexibility index (Phi) is 2.41. The second kappa shape index (κ2) is 3.73. The molecule has 0 radical (unpaired) electrons. The zero-order valence-corrected chi connectivity index (χ0v) is 8.49. The molecular formula is C11H12N2O2. The van der Waals surface area contributed by atoms with E-state index in [9.17, 15) is 9.59 Å². The molecule has 0 aliphatic carbocycles. The normalized spacial score (nSPS) is 14.5. The summed E-state index contributed by atoms with van der Waals surface area (Å²) < 4.78 is 0. The lowest BCUT2D eigenvalue weighted by atomic mass is 10.1. The molecule has 1 amide bonds. The Morgan fingerprint density at radius 2 is 2.33 bits per heavy atom. The first-order chi connectivity index (χ1) is 7.22. The van der Waals surface area contributed by atoms with Crippen molar-refractivity contribution in [3.8, 4) is 0 Å². The Hall–Kier alpha value is -1.84. The second-order valence-electron chi connectivity index (χ2n) is 3.57. The zero-order chi connectivity index (χ0) is 10.8. The van der Waals surface area contributed by atoms with Gasteiger partial charge in [0, 0.05) is 0 Å². The van der Waals surface area contributed by atoms with Crippen molar-refractivity contribution in [3.63, 3.8) is 0 Å². The molecule has 0 atom stereocenters. The van der Waals surface area contributed by atoms with Crippen LogP contribution in [0.4, 0.5) is 11.4 Å². The Balaban J connectivity index is 2.47. The zero-order valence-electron chi connectivity index (χ0n) is 8.49. The topological polar surface area (TPSA) is 49.4 Å². The summed E-state index contributed by atoms with van der Waals surface area (Å²) in [5.74, 6) is -0.0741. The van der Waals surface area contributed by atoms with Gasteiger partial charge in [-0.15, -0.1) is 0 Å². The van der Waals surface area contributed by atoms with Gasteiger partial charge in [-0.1, -0.05) is 12.1 Å². The van der Waals surface area contributed by atoms with Gasteiger partial charge in [-0.2, -0.15) is 0 Å². The number of benzene rings is 1. The average molecular weight is 204 g/mol. The Labute approximate surface area is 87.9 Å². The Morgan fingerprint density at radius 3 is 3.07 bits per heavy atom. The predicted octanol–water partition coefficient (Wildman–Crippen LogP) is 0.952. The molecule has 4 nitrogen and oxygen atoms in total. The van der Waals surface area contributed by atoms with Gasteiger partial charge >= 0.3 is 0 Å². The summed E-state index contributed by atoms with van der Waals surface area (Å²) in [7, 11) is 0. The molecule has 0 aromatic heterocycles. The third kappa shape index (κ3) is 1.70. The third-order valence-electron chi connectivity index (χ3n) is 2.46. The van der Waals surface area contributed by atoms with Crippen molar-refractivity contribution in [3.05, 3.63) is 23.8 Å². The molecule has 0 spiro atoms. The van der Waals surface area contributed by atoms with E-state index in [1.54, 1.807) is 4.90 Å². The van der Waals surface area contributed by atoms with E-state index in [0.717, 1.165) is 23.2 Å². The number of amides is 1. The highest BCUT2D eigenvalue weighted by atomic mass is 16.2. The van der Waals surface area contributed by atoms with Crippen molar-refractivity contribution >= 4 is 23.6 Å². The molecule has 1 aromatic carbocycles. The first-order valence-corrected chi connectivity index (χ1v) is 4.80. The smallest absolute Gasteiger partial charge is 0.243 e. The van der Waals surface area contributed by atoms with Crippen LogP contribution >= 0.6 is 0 Å². The third-order valence-corrected chi connectivity index (χ3v) is 2.46. The number of fused-ring (bicyclic) bond motifs is 1. The molecule has 0 bridgehead atoms. The average Bonchev–Trinajstić information content (AvgIpc) is 2.17. The largest absolute Gasteiger partial charge is 0.353 e. The van der Waals surface area contributed by atoms with Gasteiger partial charge in [-0.25, -0.2) is 0 Å². The van der Waals surface area contributed by atoms with E-state index in [4.69, 9.17) is 0 Å². The number of nitrogens with zero attached hydrogens (tertiary/aromatic N) is 1. The van der Waals surface area contributed by atoms with Gasteiger partial charge in [0.1, 0.15) is 6.29 Å². The van der Waals surface area contributed by atoms with E-state index >= 15 is 0 Å². The molecule has 1 aromatic rings. The highest BCUT2D eigenvalue weighted by Crippen LogP contribution is 2.31. The molecular weight excluding hydrogens is 192 g/mol. The quantitative estimate of drug-likeness (QED) is 0.730. The van der Waals surface area contributed by atoms with E-state index in [1.165, 1.54) is 0 Å². The van der Waals surface area contributed by atoms with Crippen LogP contribution < -0.4 is 10.2 Å². The summed E-state index contributed by atoms with van der Waals surface area (Å²) in [4.78, 5) is 23.7. The monoisotopic (exact) mass is 204 g/mol. The maximum atomic E-state index is 11.4. The summed E-state index contributed by atoms with van der Waals surface area (Å²) in [5, 5.41) is 2.79. The van der Waals surface area contributed by atoms with Gasteiger partial charge < -0.3 is 15.0 Å². The van der Waals surface area contributed by atoms with Crippen LogP contribution in [-0.4, -0.2) is 25.3 Å². The first-order valence-electron chi connectivity index (χ1n) is 4.80. The summed E-state index contributed by atoms with van der Waals surface area (Å²) in [5.41, 5.74) is 2.80. The van der Waals surface area contributed by atoms with Gasteiger partial charge in [0.05, 0.1) is 24.5 Å². The van der Waals surface area contributed by atoms with E-state index in [1.807, 2.05) is 25.1 Å². The number of aldehydes is 1. The number of carbonyl (C=O) groups excluding carboxylic acids is 2. The minimum absolute atomic E-state index is 0.0741. The molecule has 1 aliphatic rings. The molecule has 2 rings (SSSR count). The minimum atomic E-state index is -0.0741. The van der Waals surface area contributed by atoms with Crippen LogP contribution in [0.15, 0.2) is 18.2 Å². The summed E-state index contributed by atoms with van der Waals surface area (Å²) >= 11 is 0. The van der Waals surface area contributed by atoms with E-state index < -0.39 is 0 Å². The van der Waals surface area contributed by atoms with Crippen molar-refractivity contribution in [2.75, 3.05) is 23.3 Å². The lowest BCUT2D eigenvalue weighted by Crippen LogP contribution is -2.39. The molecule has 0 saturated carbocycles. The highest BCUT2D eigenvalue weighted by Gasteiger charge is 2.22. The molecule has 4 heteroatoms. The number of hydrogen-bond donors (Lipinski definition) is 1. The van der Waals surface area contributed by atoms with E-state index in [0.29, 0.717) is 0 Å². The number of para-hydroxylation sites is 1. The number of aryl methyl sites for hydroxylation is 1. The van der Waals surface area contributed by atoms with Crippen molar-refractivity contribution in [2.24, 2.45) is 0 Å². The number of anilines is 2. The molecule has 0 saturated heterocycles. The molecule has 1 heterocycles. The van der Waals surface area contributed by atoms with Gasteiger partial charge in [-0.3, -0.25) is 4.79 Å². The van der Waals surface area contributed by atoms with Crippen molar-refractivity contribution < 1.29 is 9.59 Å². The fourth-order valence-electron chi connectivity index (χ4n) is 1.87. The number of rotatable bonds is 2. The standard InChI is InChI=1S/C11H12N2O2/c1-8-3-2-4-9-11(8)13(5-6-14)7-10(15)12-9/h2-4,6H,5,7H2,1H3,(H,12,15). The van der Waals surface area contributed by atoms with Crippen molar-refractivity contribution in [2.45, 2.75) is 6.92 Å². The van der Waals surface area contributed by atoms with Crippen LogP contribution in [0.3, 0.4) is 0 Å². The summed E-state index contributed by atoms with van der Waals surface area (Å²) in [6, 6.07) is 5.70. The van der Waals surface area contributed by atoms with Crippen molar-refractivity contribution in [1.29, 1.82) is 0 Å². The predicted molar refractivity (Wildman–Crippen MR) is 58.1 cm³/mol. The number of nitrogens with one attached hydrogen (secondary N) is 1. The molecule has 0 fully saturated rings. The molecule has 0 unspecified atom stereocenters. The van der Waals surface area contributed by atoms with Crippen LogP contribution in [0.1, 0.15) is 5.56 Å². The van der Waals surface area contributed by atoms with Crippen LogP contribution in [-0.2, 0) is 9.59 Å². The van der Waals surface area contributed by atoms with Crippen LogP contribution in [0.25, 0.3) is 0 Å². The molecule has 15 heavy (non-hydrogen) atoms. The summed E-state index contributed by atoms with van der Waals surface area (Å²) in [6.45, 7) is 2.47. The SMILES string of the molecule is Cc1cccc2c1N(CC=O)CC(=O)N2. The van der Waals surface area contributed by atoms with E-state index in [-0.39, 0.29) is 19.0 Å². The Morgan fingerprint density at radius 1 is 1.53 bits per heavy atom. The van der Waals surface area contributed by atoms with Crippen LogP contribution in [0.5, 0.6) is 0 Å². The summed E-state index contributed by atoms with van der Waals surface area (Å²) in [6.07, 6.45) is 0.814. The molecule has 1 aliphatic heterocycles. The molecule has 1 N–H and O–H groups in total. The van der Waals surface area contributed by atoms with Crippen LogP contribution in [0, 0.1) is 6.92 Å². The fourth-order valence-corrected chi connectivity index (χ4v) is 1.87. The highest BCUT2D eigenvalue weighted by molar-refractivity contribution is 6.02. The van der Waals surface area contributed by atoms with Gasteiger partial charge in [-0.05, 0) is 18.6 Å². The first kappa shape index (κ1) is 9.71. The second-order valence-corrected chi connectivity index (χ2v) is 3.57. The maximum absolute atomic E-state index is 11.4. The van der Waals surface area contributed by atoms with Crippen molar-refractivity contribution in [1.82, 2.24) is 0 Å². The fraction of sp³-hybridized carbons (Fsp3) is 0.273. The maximum Gasteiger partial charge on any atom is 0.243 e. The Bertz CT molecular complexity index is 415. The van der Waals surface area contributed by atoms with Gasteiger partial charge in [0.2, 0.25) is 5.91 Å². The van der Waals surface area contributed by atoms with E-state index in [2.05, 4.69) is 5.32 Å². The molecule has 78 valence electrons. The number of hydrogen-bond acceptors (Lipinski definition) is 3. The van der Waals surface area contributed by atoms with Gasteiger partial charge in [0.15, 0.2) is 0 Å². The van der Waals surface area contributed by atoms with Gasteiger partial charge in [0.25, 0.3) is 0 Å². The minimum Gasteiger partial charge on any atom is -0.353 e.